The Morgan fingerprint density at radius 1 is 1.29 bits per heavy atom. The molecule has 0 aliphatic carbocycles. The van der Waals surface area contributed by atoms with Gasteiger partial charge in [0.25, 0.3) is 0 Å². The molecule has 0 aliphatic rings. The largest absolute Gasteiger partial charge is 0.493 e. The van der Waals surface area contributed by atoms with E-state index in [9.17, 15) is 13.2 Å². The predicted octanol–water partition coefficient (Wildman–Crippen LogP) is 2.83. The van der Waals surface area contributed by atoms with Gasteiger partial charge in [-0.15, -0.1) is 0 Å². The molecule has 0 aromatic heterocycles. The molecule has 0 heterocycles. The third-order valence-electron chi connectivity index (χ3n) is 2.34. The molecule has 0 amide bonds. The molecule has 0 spiro atoms. The highest BCUT2D eigenvalue weighted by atomic mass is 19.4. The Hall–Kier alpha value is -1.23. The highest BCUT2D eigenvalue weighted by Crippen LogP contribution is 2.25. The topological polar surface area (TPSA) is 35.2 Å². The van der Waals surface area contributed by atoms with Crippen molar-refractivity contribution in [3.05, 3.63) is 29.3 Å². The van der Waals surface area contributed by atoms with E-state index in [1.165, 1.54) is 0 Å². The number of benzene rings is 1. The van der Waals surface area contributed by atoms with Crippen molar-refractivity contribution in [2.45, 2.75) is 25.9 Å². The number of hydrogen-bond acceptors (Lipinski definition) is 2. The van der Waals surface area contributed by atoms with E-state index in [1.807, 2.05) is 25.1 Å². The molecule has 0 radical (unpaired) electrons. The Morgan fingerprint density at radius 3 is 2.59 bits per heavy atom. The summed E-state index contributed by atoms with van der Waals surface area (Å²) >= 11 is 0. The first-order chi connectivity index (χ1) is 7.94. The van der Waals surface area contributed by atoms with Gasteiger partial charge in [0.1, 0.15) is 5.75 Å². The average Bonchev–Trinajstić information content (AvgIpc) is 2.21. The molecule has 1 aromatic rings. The number of halogens is 3. The quantitative estimate of drug-likeness (QED) is 0.868. The minimum atomic E-state index is -4.18. The van der Waals surface area contributed by atoms with Crippen LogP contribution in [0.5, 0.6) is 5.75 Å². The fraction of sp³-hybridized carbons (Fsp3) is 0.500. The summed E-state index contributed by atoms with van der Waals surface area (Å²) in [5, 5.41) is 0. The molecule has 2 nitrogen and oxygen atoms in total. The van der Waals surface area contributed by atoms with Crippen molar-refractivity contribution in [2.24, 2.45) is 5.73 Å². The van der Waals surface area contributed by atoms with Crippen LogP contribution in [0.1, 0.15) is 17.5 Å². The smallest absolute Gasteiger partial charge is 0.392 e. The lowest BCUT2D eigenvalue weighted by atomic mass is 10.1. The van der Waals surface area contributed by atoms with Crippen molar-refractivity contribution in [3.63, 3.8) is 0 Å². The van der Waals surface area contributed by atoms with Crippen LogP contribution in [-0.4, -0.2) is 19.3 Å². The zero-order chi connectivity index (χ0) is 12.9. The summed E-state index contributed by atoms with van der Waals surface area (Å²) in [6.45, 7) is 1.90. The van der Waals surface area contributed by atoms with Crippen molar-refractivity contribution in [1.82, 2.24) is 0 Å². The van der Waals surface area contributed by atoms with Crippen LogP contribution in [0.3, 0.4) is 0 Å². The maximum Gasteiger partial charge on any atom is 0.392 e. The van der Waals surface area contributed by atoms with E-state index >= 15 is 0 Å². The van der Waals surface area contributed by atoms with Crippen LogP contribution in [0.25, 0.3) is 0 Å². The van der Waals surface area contributed by atoms with Crippen molar-refractivity contribution in [1.29, 1.82) is 0 Å². The number of ether oxygens (including phenoxy) is 1. The van der Waals surface area contributed by atoms with Gasteiger partial charge in [-0.2, -0.15) is 13.2 Å². The first-order valence-electron chi connectivity index (χ1n) is 5.42. The molecule has 17 heavy (non-hydrogen) atoms. The molecule has 0 unspecified atom stereocenters. The van der Waals surface area contributed by atoms with Crippen LogP contribution in [0.15, 0.2) is 18.2 Å². The average molecular weight is 247 g/mol. The number of nitrogens with two attached hydrogens (primary N) is 1. The Kier molecular flexibility index (Phi) is 4.81. The summed E-state index contributed by atoms with van der Waals surface area (Å²) in [5.41, 5.74) is 7.13. The fourth-order valence-corrected chi connectivity index (χ4v) is 1.54. The number of para-hydroxylation sites is 1. The minimum Gasteiger partial charge on any atom is -0.493 e. The second-order valence-electron chi connectivity index (χ2n) is 3.82. The van der Waals surface area contributed by atoms with Gasteiger partial charge in [-0.1, -0.05) is 18.2 Å². The lowest BCUT2D eigenvalue weighted by Gasteiger charge is -2.14. The van der Waals surface area contributed by atoms with Gasteiger partial charge in [0.2, 0.25) is 0 Å². The zero-order valence-corrected chi connectivity index (χ0v) is 9.68. The summed E-state index contributed by atoms with van der Waals surface area (Å²) in [6.07, 6.45) is -4.52. The maximum absolute atomic E-state index is 12.0. The van der Waals surface area contributed by atoms with E-state index in [-0.39, 0.29) is 6.61 Å². The number of rotatable bonds is 5. The molecule has 0 saturated carbocycles. The van der Waals surface area contributed by atoms with E-state index in [0.717, 1.165) is 11.1 Å². The van der Waals surface area contributed by atoms with Crippen LogP contribution >= 0.6 is 0 Å². The molecule has 0 atom stereocenters. The molecule has 1 aromatic carbocycles. The standard InChI is InChI=1S/C12H16F3NO/c1-9-3-2-4-10(5-7-16)11(9)17-8-6-12(13,14)15/h2-4H,5-8,16H2,1H3. The van der Waals surface area contributed by atoms with Gasteiger partial charge in [-0.25, -0.2) is 0 Å². The van der Waals surface area contributed by atoms with Gasteiger partial charge >= 0.3 is 6.18 Å². The van der Waals surface area contributed by atoms with Crippen LogP contribution in [0.4, 0.5) is 13.2 Å². The lowest BCUT2D eigenvalue weighted by molar-refractivity contribution is -0.139. The van der Waals surface area contributed by atoms with Gasteiger partial charge in [0, 0.05) is 0 Å². The van der Waals surface area contributed by atoms with E-state index in [1.54, 1.807) is 0 Å². The van der Waals surface area contributed by atoms with Gasteiger partial charge in [-0.3, -0.25) is 0 Å². The van der Waals surface area contributed by atoms with E-state index in [4.69, 9.17) is 10.5 Å². The molecule has 0 saturated heterocycles. The van der Waals surface area contributed by atoms with E-state index in [0.29, 0.717) is 18.7 Å². The second-order valence-corrected chi connectivity index (χ2v) is 3.82. The van der Waals surface area contributed by atoms with Crippen LogP contribution in [0, 0.1) is 6.92 Å². The highest BCUT2D eigenvalue weighted by molar-refractivity contribution is 5.40. The lowest BCUT2D eigenvalue weighted by Crippen LogP contribution is -2.14. The third kappa shape index (κ3) is 4.65. The number of hydrogen-bond donors (Lipinski definition) is 1. The first kappa shape index (κ1) is 13.8. The predicted molar refractivity (Wildman–Crippen MR) is 60.1 cm³/mol. The van der Waals surface area contributed by atoms with Crippen molar-refractivity contribution < 1.29 is 17.9 Å². The zero-order valence-electron chi connectivity index (χ0n) is 9.68. The Morgan fingerprint density at radius 2 is 2.00 bits per heavy atom. The molecular weight excluding hydrogens is 231 g/mol. The molecular formula is C12H16F3NO. The molecule has 5 heteroatoms. The number of alkyl halides is 3. The summed E-state index contributed by atoms with van der Waals surface area (Å²) in [4.78, 5) is 0. The maximum atomic E-state index is 12.0. The Bertz CT molecular complexity index is 363. The Balaban J connectivity index is 2.68. The second kappa shape index (κ2) is 5.91. The molecule has 0 aliphatic heterocycles. The van der Waals surface area contributed by atoms with Crippen LogP contribution < -0.4 is 10.5 Å². The number of aryl methyl sites for hydroxylation is 1. The molecule has 96 valence electrons. The minimum absolute atomic E-state index is 0.355. The van der Waals surface area contributed by atoms with Crippen molar-refractivity contribution in [2.75, 3.05) is 13.2 Å². The van der Waals surface area contributed by atoms with Crippen molar-refractivity contribution >= 4 is 0 Å². The summed E-state index contributed by atoms with van der Waals surface area (Å²) in [6, 6.07) is 5.47. The fourth-order valence-electron chi connectivity index (χ4n) is 1.54. The Labute approximate surface area is 98.6 Å². The van der Waals surface area contributed by atoms with Gasteiger partial charge in [0.05, 0.1) is 13.0 Å². The summed E-state index contributed by atoms with van der Waals surface area (Å²) in [5.74, 6) is 0.530. The third-order valence-corrected chi connectivity index (χ3v) is 2.34. The van der Waals surface area contributed by atoms with Crippen LogP contribution in [0.2, 0.25) is 0 Å². The normalized spacial score (nSPS) is 11.6. The molecule has 0 bridgehead atoms. The van der Waals surface area contributed by atoms with Crippen molar-refractivity contribution in [3.8, 4) is 5.75 Å². The molecule has 2 N–H and O–H groups in total. The summed E-state index contributed by atoms with van der Waals surface area (Å²) < 4.78 is 41.2. The van der Waals surface area contributed by atoms with Gasteiger partial charge < -0.3 is 10.5 Å². The SMILES string of the molecule is Cc1cccc(CCN)c1OCCC(F)(F)F. The van der Waals surface area contributed by atoms with Crippen LogP contribution in [-0.2, 0) is 6.42 Å². The molecule has 1 rings (SSSR count). The van der Waals surface area contributed by atoms with E-state index < -0.39 is 12.6 Å². The van der Waals surface area contributed by atoms with Gasteiger partial charge in [-0.05, 0) is 31.0 Å². The summed E-state index contributed by atoms with van der Waals surface area (Å²) in [7, 11) is 0. The monoisotopic (exact) mass is 247 g/mol. The highest BCUT2D eigenvalue weighted by Gasteiger charge is 2.27. The van der Waals surface area contributed by atoms with Gasteiger partial charge in [0.15, 0.2) is 0 Å². The van der Waals surface area contributed by atoms with E-state index in [2.05, 4.69) is 0 Å². The first-order valence-corrected chi connectivity index (χ1v) is 5.42. The molecule has 0 fully saturated rings.